The highest BCUT2D eigenvalue weighted by Crippen LogP contribution is 2.00. The second kappa shape index (κ2) is 1.99. The predicted octanol–water partition coefficient (Wildman–Crippen LogP) is 0.243. The summed E-state index contributed by atoms with van der Waals surface area (Å²) < 4.78 is 29.4. The lowest BCUT2D eigenvalue weighted by Gasteiger charge is -2.05. The van der Waals surface area contributed by atoms with Crippen molar-refractivity contribution < 1.29 is 18.3 Å². The number of alkyl halides is 3. The van der Waals surface area contributed by atoms with Crippen LogP contribution in [0.2, 0.25) is 0 Å². The Kier molecular flexibility index (Phi) is 3.05. The molecule has 0 rings (SSSR count). The van der Waals surface area contributed by atoms with Gasteiger partial charge in [0.25, 0.3) is 0 Å². The molecule has 0 unspecified atom stereocenters. The van der Waals surface area contributed by atoms with Crippen molar-refractivity contribution in [3.8, 4) is 0 Å². The Morgan fingerprint density at radius 3 is 1.17 bits per heavy atom. The van der Waals surface area contributed by atoms with E-state index in [1.165, 1.54) is 0 Å². The zero-order valence-electron chi connectivity index (χ0n) is 3.04. The van der Waals surface area contributed by atoms with Crippen LogP contribution in [0, 0.1) is 0 Å². The molecule has 0 fully saturated rings. The molecule has 0 aromatic heterocycles. The summed E-state index contributed by atoms with van der Waals surface area (Å²) in [5, 5.41) is 8.10. The molecule has 2 nitrogen and oxygen atoms in total. The molecule has 4 N–H and O–H groups in total. The Morgan fingerprint density at radius 1 is 1.17 bits per heavy atom. The van der Waals surface area contributed by atoms with E-state index in [9.17, 15) is 13.2 Å². The monoisotopic (exact) mass is 103 g/mol. The molecule has 5 heteroatoms. The molecule has 40 valence electrons. The molecule has 0 amide bonds. The van der Waals surface area contributed by atoms with Gasteiger partial charge in [-0.15, -0.1) is 0 Å². The van der Waals surface area contributed by atoms with Crippen molar-refractivity contribution in [3.05, 3.63) is 0 Å². The van der Waals surface area contributed by atoms with Crippen LogP contribution < -0.4 is 11.3 Å². The number of hydrogen-bond acceptors (Lipinski definition) is 1. The maximum absolute atomic E-state index is 9.80. The molecule has 0 radical (unpaired) electrons. The van der Waals surface area contributed by atoms with Crippen molar-refractivity contribution in [2.75, 3.05) is 0 Å². The zero-order chi connectivity index (χ0) is 4.50. The highest BCUT2D eigenvalue weighted by Gasteiger charge is 2.04. The first-order chi connectivity index (χ1) is 2.00. The number of quaternary nitrogens is 1. The normalized spacial score (nSPS) is 10.0. The van der Waals surface area contributed by atoms with Crippen LogP contribution in [0.15, 0.2) is 0 Å². The lowest BCUT2D eigenvalue weighted by molar-refractivity contribution is -0.618. The standard InChI is InChI=1S/CF3O.H3N/c2-1(3,4)5;/h;1H3/q-1;/p+1. The maximum atomic E-state index is 9.80. The average Bonchev–Trinajstić information content (AvgIpc) is 0.722. The molecular weight excluding hydrogens is 99.0 g/mol. The van der Waals surface area contributed by atoms with E-state index >= 15 is 0 Å². The Hall–Kier alpha value is -0.290. The number of halogens is 3. The fourth-order valence-corrected chi connectivity index (χ4v) is 0. The molecule has 0 saturated heterocycles. The first-order valence-corrected chi connectivity index (χ1v) is 0.771. The Morgan fingerprint density at radius 2 is 1.17 bits per heavy atom. The summed E-state index contributed by atoms with van der Waals surface area (Å²) >= 11 is 0. The summed E-state index contributed by atoms with van der Waals surface area (Å²) in [6.07, 6.45) is -5.25. The SMILES string of the molecule is [NH4+].[O-]C(F)(F)F. The Labute approximate surface area is 32.2 Å². The van der Waals surface area contributed by atoms with E-state index in [1.807, 2.05) is 0 Å². The van der Waals surface area contributed by atoms with Crippen LogP contribution in [0.1, 0.15) is 0 Å². The maximum Gasteiger partial charge on any atom is 0.331 e. The van der Waals surface area contributed by atoms with Crippen LogP contribution in [0.5, 0.6) is 0 Å². The molecule has 0 aliphatic carbocycles. The van der Waals surface area contributed by atoms with Crippen molar-refractivity contribution in [1.82, 2.24) is 6.15 Å². The van der Waals surface area contributed by atoms with Gasteiger partial charge in [-0.25, -0.2) is 0 Å². The quantitative estimate of drug-likeness (QED) is 0.469. The molecule has 0 aliphatic heterocycles. The van der Waals surface area contributed by atoms with E-state index in [4.69, 9.17) is 5.11 Å². The number of rotatable bonds is 0. The molecule has 0 bridgehead atoms. The molecule has 0 heterocycles. The van der Waals surface area contributed by atoms with Crippen LogP contribution in [0.4, 0.5) is 13.2 Å². The second-order valence-electron chi connectivity index (χ2n) is 0.446. The van der Waals surface area contributed by atoms with Crippen LogP contribution in [-0.4, -0.2) is 6.36 Å². The van der Waals surface area contributed by atoms with Gasteiger partial charge in [0.05, 0.1) is 0 Å². The summed E-state index contributed by atoms with van der Waals surface area (Å²) in [6.45, 7) is 0. The summed E-state index contributed by atoms with van der Waals surface area (Å²) in [7, 11) is 0. The average molecular weight is 103 g/mol. The summed E-state index contributed by atoms with van der Waals surface area (Å²) in [5.41, 5.74) is 0. The Bertz CT molecular complexity index is 26.3. The van der Waals surface area contributed by atoms with Crippen LogP contribution in [0.25, 0.3) is 0 Å². The minimum atomic E-state index is -5.25. The van der Waals surface area contributed by atoms with E-state index in [-0.39, 0.29) is 6.15 Å². The highest BCUT2D eigenvalue weighted by molar-refractivity contribution is 4.01. The van der Waals surface area contributed by atoms with Crippen molar-refractivity contribution >= 4 is 0 Å². The fourth-order valence-electron chi connectivity index (χ4n) is 0. The third kappa shape index (κ3) is 324. The fraction of sp³-hybridized carbons (Fsp3) is 1.00. The van der Waals surface area contributed by atoms with Crippen LogP contribution in [-0.2, 0) is 0 Å². The van der Waals surface area contributed by atoms with Gasteiger partial charge in [0.15, 0.2) is 0 Å². The lowest BCUT2D eigenvalue weighted by Crippen LogP contribution is -2.26. The predicted molar refractivity (Wildman–Crippen MR) is 12.0 cm³/mol. The van der Waals surface area contributed by atoms with Crippen molar-refractivity contribution in [1.29, 1.82) is 0 Å². The van der Waals surface area contributed by atoms with Gasteiger partial charge in [-0.1, -0.05) is 0 Å². The van der Waals surface area contributed by atoms with Gasteiger partial charge in [0, 0.05) is 0 Å². The van der Waals surface area contributed by atoms with Gasteiger partial charge < -0.3 is 11.3 Å². The van der Waals surface area contributed by atoms with Gasteiger partial charge in [-0.05, 0) is 0 Å². The lowest BCUT2D eigenvalue weighted by atomic mass is 11.4. The topological polar surface area (TPSA) is 59.6 Å². The summed E-state index contributed by atoms with van der Waals surface area (Å²) in [5.74, 6) is 0. The van der Waals surface area contributed by atoms with E-state index < -0.39 is 6.36 Å². The van der Waals surface area contributed by atoms with Crippen molar-refractivity contribution in [2.45, 2.75) is 6.36 Å². The molecule has 0 aromatic carbocycles. The van der Waals surface area contributed by atoms with E-state index in [0.717, 1.165) is 0 Å². The molecule has 6 heavy (non-hydrogen) atoms. The highest BCUT2D eigenvalue weighted by atomic mass is 19.4. The van der Waals surface area contributed by atoms with Crippen LogP contribution in [0.3, 0.4) is 0 Å². The van der Waals surface area contributed by atoms with E-state index in [1.54, 1.807) is 0 Å². The first kappa shape index (κ1) is 9.20. The molecular formula is CH4F3NO. The molecule has 0 atom stereocenters. The third-order valence-corrected chi connectivity index (χ3v) is 0. The Balaban J connectivity index is 0. The second-order valence-corrected chi connectivity index (χ2v) is 0.446. The van der Waals surface area contributed by atoms with Gasteiger partial charge in [0.2, 0.25) is 0 Å². The summed E-state index contributed by atoms with van der Waals surface area (Å²) in [4.78, 5) is 0. The minimum Gasteiger partial charge on any atom is -0.771 e. The third-order valence-electron chi connectivity index (χ3n) is 0. The smallest absolute Gasteiger partial charge is 0.331 e. The van der Waals surface area contributed by atoms with Gasteiger partial charge in [-0.3, -0.25) is 0 Å². The largest absolute Gasteiger partial charge is 0.771 e. The minimum absolute atomic E-state index is 0. The van der Waals surface area contributed by atoms with Crippen molar-refractivity contribution in [2.24, 2.45) is 0 Å². The van der Waals surface area contributed by atoms with E-state index in [0.29, 0.717) is 0 Å². The van der Waals surface area contributed by atoms with Gasteiger partial charge in [-0.2, -0.15) is 13.2 Å². The molecule has 0 aromatic rings. The molecule has 0 saturated carbocycles. The van der Waals surface area contributed by atoms with Crippen LogP contribution >= 0.6 is 0 Å². The number of hydrogen-bond donors (Lipinski definition) is 1. The summed E-state index contributed by atoms with van der Waals surface area (Å²) in [6, 6.07) is 0. The van der Waals surface area contributed by atoms with Gasteiger partial charge in [0.1, 0.15) is 0 Å². The van der Waals surface area contributed by atoms with E-state index in [2.05, 4.69) is 0 Å². The first-order valence-electron chi connectivity index (χ1n) is 0.771. The molecule has 0 aliphatic rings. The zero-order valence-corrected chi connectivity index (χ0v) is 3.04. The van der Waals surface area contributed by atoms with Crippen molar-refractivity contribution in [3.63, 3.8) is 0 Å². The van der Waals surface area contributed by atoms with Gasteiger partial charge >= 0.3 is 6.36 Å². The molecule has 0 spiro atoms.